The zero-order valence-electron chi connectivity index (χ0n) is 10.9. The van der Waals surface area contributed by atoms with Gasteiger partial charge < -0.3 is 15.7 Å². The molecule has 4 fully saturated rings. The molecule has 0 aromatic rings. The smallest absolute Gasteiger partial charge is 0.309 e. The summed E-state index contributed by atoms with van der Waals surface area (Å²) in [6.45, 7) is 1.66. The lowest BCUT2D eigenvalue weighted by molar-refractivity contribution is -0.220. The second-order valence-electron chi connectivity index (χ2n) is 6.37. The normalized spacial score (nSPS) is 36.5. The summed E-state index contributed by atoms with van der Waals surface area (Å²) < 4.78 is 0. The van der Waals surface area contributed by atoms with Gasteiger partial charge in [-0.3, -0.25) is 14.4 Å². The second kappa shape index (κ2) is 3.71. The van der Waals surface area contributed by atoms with Gasteiger partial charge in [0, 0.05) is 6.04 Å². The van der Waals surface area contributed by atoms with Crippen molar-refractivity contribution in [2.75, 3.05) is 0 Å². The van der Waals surface area contributed by atoms with Gasteiger partial charge in [0.05, 0.1) is 10.8 Å². The van der Waals surface area contributed by atoms with Gasteiger partial charge in [0.15, 0.2) is 0 Å². The highest BCUT2D eigenvalue weighted by Gasteiger charge is 2.75. The number of rotatable bonds is 5. The molecule has 6 nitrogen and oxygen atoms in total. The number of hydrogen-bond acceptors (Lipinski definition) is 3. The van der Waals surface area contributed by atoms with Gasteiger partial charge in [0.1, 0.15) is 6.04 Å². The summed E-state index contributed by atoms with van der Waals surface area (Å²) in [5.41, 5.74) is -1.18. The van der Waals surface area contributed by atoms with Crippen LogP contribution in [0.2, 0.25) is 0 Å². The zero-order chi connectivity index (χ0) is 13.8. The third-order valence-corrected chi connectivity index (χ3v) is 4.63. The molecule has 0 saturated heterocycles. The first-order valence-electron chi connectivity index (χ1n) is 6.72. The summed E-state index contributed by atoms with van der Waals surface area (Å²) in [5, 5.41) is 14.5. The Labute approximate surface area is 110 Å². The number of nitrogens with one attached hydrogen (secondary N) is 2. The Bertz CT molecular complexity index is 449. The molecule has 4 aliphatic rings. The van der Waals surface area contributed by atoms with Gasteiger partial charge in [-0.05, 0) is 39.0 Å². The summed E-state index contributed by atoms with van der Waals surface area (Å²) in [4.78, 5) is 34.8. The van der Waals surface area contributed by atoms with E-state index in [0.717, 1.165) is 12.8 Å². The molecule has 1 unspecified atom stereocenters. The molecule has 104 valence electrons. The molecule has 1 atom stereocenters. The highest BCUT2D eigenvalue weighted by Crippen LogP contribution is 2.73. The maximum atomic E-state index is 12.1. The fourth-order valence-electron chi connectivity index (χ4n) is 3.22. The molecule has 4 aliphatic carbocycles. The molecule has 2 amide bonds. The number of amides is 2. The Kier molecular flexibility index (Phi) is 2.43. The highest BCUT2D eigenvalue weighted by atomic mass is 16.4. The lowest BCUT2D eigenvalue weighted by Crippen LogP contribution is -2.71. The lowest BCUT2D eigenvalue weighted by atomic mass is 9.35. The van der Waals surface area contributed by atoms with Crippen molar-refractivity contribution < 1.29 is 19.5 Å². The molecular formula is C13H18N2O4. The van der Waals surface area contributed by atoms with Crippen molar-refractivity contribution in [3.05, 3.63) is 0 Å². The monoisotopic (exact) mass is 266 g/mol. The SMILES string of the molecule is CC(NC(=O)C12CC(C(=O)O)(C1)C2)C(=O)NC1CC1. The maximum Gasteiger partial charge on any atom is 0.309 e. The fraction of sp³-hybridized carbons (Fsp3) is 0.769. The summed E-state index contributed by atoms with van der Waals surface area (Å²) in [6, 6.07) is -0.278. The Morgan fingerprint density at radius 2 is 1.74 bits per heavy atom. The highest BCUT2D eigenvalue weighted by molar-refractivity contribution is 5.95. The molecule has 4 rings (SSSR count). The molecule has 0 aliphatic heterocycles. The predicted molar refractivity (Wildman–Crippen MR) is 65.1 cm³/mol. The van der Waals surface area contributed by atoms with Crippen molar-refractivity contribution in [2.24, 2.45) is 10.8 Å². The number of carboxylic acids is 1. The van der Waals surface area contributed by atoms with Crippen LogP contribution >= 0.6 is 0 Å². The van der Waals surface area contributed by atoms with Gasteiger partial charge >= 0.3 is 5.97 Å². The largest absolute Gasteiger partial charge is 0.481 e. The molecule has 0 aromatic carbocycles. The second-order valence-corrected chi connectivity index (χ2v) is 6.37. The van der Waals surface area contributed by atoms with Crippen LogP contribution in [0.1, 0.15) is 39.0 Å². The Hall–Kier alpha value is -1.59. The van der Waals surface area contributed by atoms with Crippen LogP contribution in [0.25, 0.3) is 0 Å². The van der Waals surface area contributed by atoms with Crippen molar-refractivity contribution in [1.82, 2.24) is 10.6 Å². The lowest BCUT2D eigenvalue weighted by Gasteiger charge is -2.66. The molecule has 0 aromatic heterocycles. The zero-order valence-corrected chi connectivity index (χ0v) is 10.9. The van der Waals surface area contributed by atoms with Crippen LogP contribution in [0.5, 0.6) is 0 Å². The van der Waals surface area contributed by atoms with Gasteiger partial charge in [-0.2, -0.15) is 0 Å². The van der Waals surface area contributed by atoms with E-state index in [-0.39, 0.29) is 17.9 Å². The van der Waals surface area contributed by atoms with Crippen LogP contribution < -0.4 is 10.6 Å². The number of aliphatic carboxylic acids is 1. The van der Waals surface area contributed by atoms with Gasteiger partial charge in [-0.15, -0.1) is 0 Å². The first kappa shape index (κ1) is 12.4. The van der Waals surface area contributed by atoms with Crippen molar-refractivity contribution in [3.8, 4) is 0 Å². The number of carboxylic acid groups (broad SMARTS) is 1. The standard InChI is InChI=1S/C13H18N2O4/c1-7(9(16)15-8-2-3-8)14-10(17)12-4-13(5-12,6-12)11(18)19/h7-8H,2-6H2,1H3,(H,14,17)(H,15,16)(H,18,19). The van der Waals surface area contributed by atoms with E-state index in [1.54, 1.807) is 6.92 Å². The van der Waals surface area contributed by atoms with Crippen LogP contribution in [-0.4, -0.2) is 35.0 Å². The molecule has 0 heterocycles. The summed E-state index contributed by atoms with van der Waals surface area (Å²) in [7, 11) is 0. The minimum absolute atomic E-state index is 0.157. The Morgan fingerprint density at radius 1 is 1.16 bits per heavy atom. The van der Waals surface area contributed by atoms with Gasteiger partial charge in [-0.1, -0.05) is 0 Å². The third-order valence-electron chi connectivity index (χ3n) is 4.63. The van der Waals surface area contributed by atoms with Crippen LogP contribution in [0.4, 0.5) is 0 Å². The minimum atomic E-state index is -0.804. The molecule has 6 heteroatoms. The minimum Gasteiger partial charge on any atom is -0.481 e. The van der Waals surface area contributed by atoms with E-state index in [0.29, 0.717) is 19.3 Å². The molecule has 4 saturated carbocycles. The van der Waals surface area contributed by atoms with Crippen LogP contribution in [0.15, 0.2) is 0 Å². The predicted octanol–water partition coefficient (Wildman–Crippen LogP) is 0.0246. The average molecular weight is 266 g/mol. The average Bonchev–Trinajstić information content (AvgIpc) is 2.96. The van der Waals surface area contributed by atoms with E-state index in [2.05, 4.69) is 10.6 Å². The van der Waals surface area contributed by atoms with E-state index < -0.39 is 22.8 Å². The van der Waals surface area contributed by atoms with E-state index in [9.17, 15) is 14.4 Å². The Balaban J connectivity index is 1.50. The molecule has 0 radical (unpaired) electrons. The van der Waals surface area contributed by atoms with E-state index in [4.69, 9.17) is 5.11 Å². The van der Waals surface area contributed by atoms with Crippen molar-refractivity contribution >= 4 is 17.8 Å². The summed E-state index contributed by atoms with van der Waals surface area (Å²) in [6.07, 6.45) is 3.27. The van der Waals surface area contributed by atoms with E-state index in [1.807, 2.05) is 0 Å². The fourth-order valence-corrected chi connectivity index (χ4v) is 3.22. The first-order valence-corrected chi connectivity index (χ1v) is 6.72. The van der Waals surface area contributed by atoms with Crippen LogP contribution in [0, 0.1) is 10.8 Å². The molecule has 3 N–H and O–H groups in total. The summed E-state index contributed by atoms with van der Waals surface area (Å²) in [5.74, 6) is -1.13. The molecule has 0 spiro atoms. The van der Waals surface area contributed by atoms with Crippen LogP contribution in [0.3, 0.4) is 0 Å². The van der Waals surface area contributed by atoms with E-state index in [1.165, 1.54) is 0 Å². The van der Waals surface area contributed by atoms with Crippen molar-refractivity contribution in [3.63, 3.8) is 0 Å². The quantitative estimate of drug-likeness (QED) is 0.654. The van der Waals surface area contributed by atoms with E-state index >= 15 is 0 Å². The van der Waals surface area contributed by atoms with Gasteiger partial charge in [0.2, 0.25) is 11.8 Å². The molecule has 19 heavy (non-hydrogen) atoms. The summed E-state index contributed by atoms with van der Waals surface area (Å²) >= 11 is 0. The van der Waals surface area contributed by atoms with Crippen molar-refractivity contribution in [1.29, 1.82) is 0 Å². The maximum absolute atomic E-state index is 12.1. The Morgan fingerprint density at radius 3 is 2.21 bits per heavy atom. The van der Waals surface area contributed by atoms with Gasteiger partial charge in [0.25, 0.3) is 0 Å². The molecule has 2 bridgehead atoms. The topological polar surface area (TPSA) is 95.5 Å². The van der Waals surface area contributed by atoms with Gasteiger partial charge in [-0.25, -0.2) is 0 Å². The first-order chi connectivity index (χ1) is 8.87. The van der Waals surface area contributed by atoms with Crippen molar-refractivity contribution in [2.45, 2.75) is 51.1 Å². The third kappa shape index (κ3) is 1.81. The molecular weight excluding hydrogens is 248 g/mol. The number of hydrogen-bond donors (Lipinski definition) is 3. The number of carbonyl (C=O) groups is 3. The number of carbonyl (C=O) groups excluding carboxylic acids is 2. The van der Waals surface area contributed by atoms with Crippen LogP contribution in [-0.2, 0) is 14.4 Å².